The van der Waals surface area contributed by atoms with Crippen molar-refractivity contribution in [3.8, 4) is 0 Å². The minimum atomic E-state index is -1.27. The summed E-state index contributed by atoms with van der Waals surface area (Å²) in [6.07, 6.45) is 10.8. The Bertz CT molecular complexity index is 783. The highest BCUT2D eigenvalue weighted by atomic mass is 16.6. The smallest absolute Gasteiger partial charge is 0.333 e. The summed E-state index contributed by atoms with van der Waals surface area (Å²) in [6.45, 7) is 9.23. The number of hydrogen-bond acceptors (Lipinski definition) is 5. The van der Waals surface area contributed by atoms with Crippen LogP contribution in [0.25, 0.3) is 0 Å². The fourth-order valence-electron chi connectivity index (χ4n) is 4.91. The first kappa shape index (κ1) is 23.0. The predicted octanol–water partition coefficient (Wildman–Crippen LogP) is 4.86. The molecule has 0 spiro atoms. The molecule has 0 saturated carbocycles. The predicted molar refractivity (Wildman–Crippen MR) is 116 cm³/mol. The number of carbonyl (C=O) groups excluding carboxylic acids is 1. The van der Waals surface area contributed by atoms with Crippen LogP contribution in [0.15, 0.2) is 46.1 Å². The van der Waals surface area contributed by atoms with Crippen molar-refractivity contribution in [3.05, 3.63) is 46.1 Å². The maximum atomic E-state index is 11.3. The molecule has 3 rings (SSSR count). The molecule has 5 nitrogen and oxygen atoms in total. The number of hydrogen-bond donors (Lipinski definition) is 2. The second kappa shape index (κ2) is 9.63. The average Bonchev–Trinajstić information content (AvgIpc) is 3.00. The van der Waals surface area contributed by atoms with Crippen molar-refractivity contribution >= 4 is 5.97 Å². The Morgan fingerprint density at radius 1 is 1.27 bits per heavy atom. The Balaban J connectivity index is 1.49. The van der Waals surface area contributed by atoms with E-state index in [0.717, 1.165) is 31.3 Å². The molecule has 0 aromatic heterocycles. The van der Waals surface area contributed by atoms with Gasteiger partial charge in [-0.2, -0.15) is 0 Å². The summed E-state index contributed by atoms with van der Waals surface area (Å²) in [5.41, 5.74) is 6.15. The fourth-order valence-corrected chi connectivity index (χ4v) is 4.91. The van der Waals surface area contributed by atoms with E-state index in [1.165, 1.54) is 30.9 Å². The second-order valence-electron chi connectivity index (χ2n) is 9.51. The lowest BCUT2D eigenvalue weighted by Crippen LogP contribution is -2.32. The Kier molecular flexibility index (Phi) is 7.38. The Morgan fingerprint density at radius 2 is 2.03 bits per heavy atom. The van der Waals surface area contributed by atoms with Crippen molar-refractivity contribution in [3.63, 3.8) is 0 Å². The van der Waals surface area contributed by atoms with Gasteiger partial charge in [-0.05, 0) is 76.2 Å². The van der Waals surface area contributed by atoms with E-state index in [1.54, 1.807) is 11.1 Å². The zero-order valence-electron chi connectivity index (χ0n) is 18.7. The zero-order valence-corrected chi connectivity index (χ0v) is 18.7. The van der Waals surface area contributed by atoms with E-state index in [1.807, 2.05) is 6.08 Å². The number of aliphatic hydroxyl groups is 2. The van der Waals surface area contributed by atoms with Gasteiger partial charge < -0.3 is 19.7 Å². The molecule has 2 heterocycles. The summed E-state index contributed by atoms with van der Waals surface area (Å²) in [7, 11) is 0. The van der Waals surface area contributed by atoms with Gasteiger partial charge in [-0.1, -0.05) is 42.7 Å². The molecule has 2 aliphatic heterocycles. The minimum absolute atomic E-state index is 0.325. The number of ether oxygens (including phenoxy) is 2. The molecule has 2 N–H and O–H groups in total. The maximum absolute atomic E-state index is 11.3. The zero-order chi connectivity index (χ0) is 21.9. The van der Waals surface area contributed by atoms with Crippen LogP contribution in [0.5, 0.6) is 0 Å². The summed E-state index contributed by atoms with van der Waals surface area (Å²) >= 11 is 0. The summed E-state index contributed by atoms with van der Waals surface area (Å²) in [4.78, 5) is 11.3. The fraction of sp³-hybridized carbons (Fsp3) is 0.640. The quantitative estimate of drug-likeness (QED) is 0.458. The first-order valence-electron chi connectivity index (χ1n) is 11.1. The SMILES string of the molecule is CC(=CCCC1=CC[C@H](C2=CC(=O)OC2O)O[C@H]1O)CCC1=C(C)CCCC1(C)C. The molecule has 0 aromatic rings. The van der Waals surface area contributed by atoms with Gasteiger partial charge >= 0.3 is 5.97 Å². The van der Waals surface area contributed by atoms with E-state index >= 15 is 0 Å². The third-order valence-corrected chi connectivity index (χ3v) is 6.75. The summed E-state index contributed by atoms with van der Waals surface area (Å²) in [6, 6.07) is 0. The Labute approximate surface area is 180 Å². The van der Waals surface area contributed by atoms with Crippen molar-refractivity contribution in [1.82, 2.24) is 0 Å². The highest BCUT2D eigenvalue weighted by molar-refractivity contribution is 5.85. The van der Waals surface area contributed by atoms with Crippen LogP contribution in [0.1, 0.15) is 79.1 Å². The third-order valence-electron chi connectivity index (χ3n) is 6.75. The Hall–Kier alpha value is -1.69. The first-order chi connectivity index (χ1) is 14.2. The molecular formula is C25H36O5. The molecule has 1 unspecified atom stereocenters. The van der Waals surface area contributed by atoms with Crippen LogP contribution in [0.4, 0.5) is 0 Å². The number of allylic oxidation sites excluding steroid dienone is 4. The maximum Gasteiger partial charge on any atom is 0.333 e. The molecular weight excluding hydrogens is 380 g/mol. The summed E-state index contributed by atoms with van der Waals surface area (Å²) in [5, 5.41) is 20.1. The standard InChI is InChI=1S/C25H36O5/c1-16(10-12-20-17(2)8-6-14-25(20,3)4)7-5-9-18-11-13-21(29-23(18)27)19-15-22(26)30-24(19)28/h7,11,15,21,23-24,27-28H,5-6,8-10,12-14H2,1-4H3/t21-,23-,24?/m1/s1. The van der Waals surface area contributed by atoms with Gasteiger partial charge in [0.2, 0.25) is 6.29 Å². The van der Waals surface area contributed by atoms with Gasteiger partial charge in [0.15, 0.2) is 6.29 Å². The van der Waals surface area contributed by atoms with Gasteiger partial charge in [0.05, 0.1) is 6.10 Å². The van der Waals surface area contributed by atoms with E-state index in [0.29, 0.717) is 17.4 Å². The van der Waals surface area contributed by atoms with Crippen LogP contribution in [-0.2, 0) is 14.3 Å². The molecule has 0 radical (unpaired) electrons. The molecule has 3 atom stereocenters. The van der Waals surface area contributed by atoms with Gasteiger partial charge in [-0.15, -0.1) is 0 Å². The van der Waals surface area contributed by atoms with Crippen LogP contribution in [0.3, 0.4) is 0 Å². The first-order valence-corrected chi connectivity index (χ1v) is 11.1. The van der Waals surface area contributed by atoms with Crippen molar-refractivity contribution in [2.24, 2.45) is 5.41 Å². The van der Waals surface area contributed by atoms with Crippen molar-refractivity contribution in [2.45, 2.75) is 97.7 Å². The van der Waals surface area contributed by atoms with Crippen molar-refractivity contribution in [1.29, 1.82) is 0 Å². The normalized spacial score (nSPS) is 29.6. The number of esters is 1. The Morgan fingerprint density at radius 3 is 2.67 bits per heavy atom. The van der Waals surface area contributed by atoms with E-state index in [9.17, 15) is 15.0 Å². The van der Waals surface area contributed by atoms with Crippen LogP contribution in [0, 0.1) is 5.41 Å². The lowest BCUT2D eigenvalue weighted by molar-refractivity contribution is -0.155. The van der Waals surface area contributed by atoms with E-state index in [2.05, 4.69) is 33.8 Å². The van der Waals surface area contributed by atoms with E-state index in [-0.39, 0.29) is 0 Å². The van der Waals surface area contributed by atoms with Gasteiger partial charge in [0.25, 0.3) is 0 Å². The van der Waals surface area contributed by atoms with E-state index < -0.39 is 24.7 Å². The minimum Gasteiger partial charge on any atom is -0.429 e. The molecule has 0 bridgehead atoms. The monoisotopic (exact) mass is 416 g/mol. The van der Waals surface area contributed by atoms with Crippen molar-refractivity contribution in [2.75, 3.05) is 0 Å². The van der Waals surface area contributed by atoms with Gasteiger partial charge in [0, 0.05) is 11.6 Å². The summed E-state index contributed by atoms with van der Waals surface area (Å²) in [5.74, 6) is -0.575. The molecule has 0 amide bonds. The molecule has 0 fully saturated rings. The van der Waals surface area contributed by atoms with Crippen molar-refractivity contribution < 1.29 is 24.5 Å². The second-order valence-corrected chi connectivity index (χ2v) is 9.51. The number of aliphatic hydroxyl groups excluding tert-OH is 2. The number of carbonyl (C=O) groups is 1. The lowest BCUT2D eigenvalue weighted by Gasteiger charge is -2.35. The van der Waals surface area contributed by atoms with Crippen LogP contribution in [0.2, 0.25) is 0 Å². The highest BCUT2D eigenvalue weighted by Gasteiger charge is 2.34. The molecule has 30 heavy (non-hydrogen) atoms. The largest absolute Gasteiger partial charge is 0.429 e. The van der Waals surface area contributed by atoms with Crippen LogP contribution >= 0.6 is 0 Å². The third kappa shape index (κ3) is 5.51. The number of rotatable bonds is 7. The highest BCUT2D eigenvalue weighted by Crippen LogP contribution is 2.42. The van der Waals surface area contributed by atoms with Crippen LogP contribution < -0.4 is 0 Å². The van der Waals surface area contributed by atoms with Gasteiger partial charge in [-0.25, -0.2) is 4.79 Å². The summed E-state index contributed by atoms with van der Waals surface area (Å²) < 4.78 is 10.3. The topological polar surface area (TPSA) is 76.0 Å². The molecule has 0 saturated heterocycles. The number of cyclic esters (lactones) is 1. The van der Waals surface area contributed by atoms with Gasteiger partial charge in [0.1, 0.15) is 0 Å². The van der Waals surface area contributed by atoms with Gasteiger partial charge in [-0.3, -0.25) is 0 Å². The molecule has 1 aliphatic carbocycles. The average molecular weight is 417 g/mol. The molecule has 166 valence electrons. The molecule has 3 aliphatic rings. The van der Waals surface area contributed by atoms with E-state index in [4.69, 9.17) is 9.47 Å². The lowest BCUT2D eigenvalue weighted by atomic mass is 9.71. The molecule has 5 heteroatoms. The molecule has 0 aromatic carbocycles. The van der Waals surface area contributed by atoms with Crippen LogP contribution in [-0.4, -0.2) is 34.9 Å².